The van der Waals surface area contributed by atoms with Crippen LogP contribution in [0.3, 0.4) is 0 Å². The van der Waals surface area contributed by atoms with E-state index in [1.165, 1.54) is 50.7 Å². The van der Waals surface area contributed by atoms with Gasteiger partial charge in [-0.1, -0.05) is 84.3 Å². The molecular formula is C27H48N2O10. The average Bonchev–Trinajstić information content (AvgIpc) is 2.89. The fraction of sp³-hybridized carbons (Fsp3) is 0.630. The van der Waals surface area contributed by atoms with E-state index in [1.807, 2.05) is 13.8 Å². The van der Waals surface area contributed by atoms with Crippen LogP contribution >= 0.6 is 0 Å². The maximum Gasteiger partial charge on any atom is 0.339 e. The molecule has 0 aromatic heterocycles. The highest BCUT2D eigenvalue weighted by molar-refractivity contribution is 5.90. The van der Waals surface area contributed by atoms with E-state index in [9.17, 15) is 19.2 Å². The molecule has 0 radical (unpaired) electrons. The Morgan fingerprint density at radius 3 is 1.56 bits per heavy atom. The molecule has 0 amide bonds. The Morgan fingerprint density at radius 2 is 1.28 bits per heavy atom. The molecule has 0 saturated carbocycles. The van der Waals surface area contributed by atoms with Crippen molar-refractivity contribution in [3.8, 4) is 5.75 Å². The number of aliphatic hydroxyl groups is 1. The summed E-state index contributed by atoms with van der Waals surface area (Å²) in [6.07, 6.45) is 10.9. The highest BCUT2D eigenvalue weighted by Crippen LogP contribution is 2.14. The van der Waals surface area contributed by atoms with Crippen LogP contribution < -0.4 is 11.5 Å². The molecule has 10 N–H and O–H groups in total. The minimum absolute atomic E-state index is 0.0671. The Bertz CT molecular complexity index is 805. The molecule has 0 saturated heterocycles. The molecule has 0 spiro atoms. The fourth-order valence-corrected chi connectivity index (χ4v) is 2.64. The van der Waals surface area contributed by atoms with E-state index in [1.54, 1.807) is 12.1 Å². The lowest BCUT2D eigenvalue weighted by Gasteiger charge is -2.11. The molecule has 0 heterocycles. The SMILES string of the molecule is CCCCCCCCCCC(=O)O.CC[C@H](C)[C@H](N)C(=O)O.N[C@@H](CO)C(=O)O.O=C(O)c1ccccc1O. The number of carboxylic acids is 4. The molecule has 0 unspecified atom stereocenters. The second kappa shape index (κ2) is 26.4. The Morgan fingerprint density at radius 1 is 0.795 bits per heavy atom. The maximum atomic E-state index is 10.3. The number of nitrogens with two attached hydrogens (primary N) is 2. The van der Waals surface area contributed by atoms with E-state index in [0.29, 0.717) is 6.42 Å². The largest absolute Gasteiger partial charge is 0.507 e. The first-order valence-corrected chi connectivity index (χ1v) is 13.1. The van der Waals surface area contributed by atoms with Crippen molar-refractivity contribution in [1.29, 1.82) is 0 Å². The van der Waals surface area contributed by atoms with Gasteiger partial charge in [0.2, 0.25) is 0 Å². The van der Waals surface area contributed by atoms with Gasteiger partial charge in [0, 0.05) is 6.42 Å². The van der Waals surface area contributed by atoms with E-state index in [2.05, 4.69) is 6.92 Å². The van der Waals surface area contributed by atoms with Gasteiger partial charge in [-0.2, -0.15) is 0 Å². The minimum atomic E-state index is -1.18. The van der Waals surface area contributed by atoms with Crippen LogP contribution in [0, 0.1) is 5.92 Å². The number of para-hydroxylation sites is 1. The maximum absolute atomic E-state index is 10.3. The summed E-state index contributed by atoms with van der Waals surface area (Å²) in [6, 6.07) is 3.99. The summed E-state index contributed by atoms with van der Waals surface area (Å²) in [5, 5.41) is 49.9. The smallest absolute Gasteiger partial charge is 0.339 e. The summed E-state index contributed by atoms with van der Waals surface area (Å²) in [4.78, 5) is 40.3. The van der Waals surface area contributed by atoms with Crippen LogP contribution in [0.15, 0.2) is 24.3 Å². The van der Waals surface area contributed by atoms with Crippen LogP contribution in [0.2, 0.25) is 0 Å². The van der Waals surface area contributed by atoms with Gasteiger partial charge in [0.25, 0.3) is 0 Å². The third-order valence-corrected chi connectivity index (χ3v) is 5.43. The Labute approximate surface area is 230 Å². The summed E-state index contributed by atoms with van der Waals surface area (Å²) in [5.41, 5.74) is 9.97. The van der Waals surface area contributed by atoms with Crippen LogP contribution in [0.4, 0.5) is 0 Å². The first-order chi connectivity index (χ1) is 18.3. The summed E-state index contributed by atoms with van der Waals surface area (Å²) < 4.78 is 0. The van der Waals surface area contributed by atoms with Crippen molar-refractivity contribution in [2.75, 3.05) is 6.61 Å². The zero-order chi connectivity index (χ0) is 30.8. The van der Waals surface area contributed by atoms with Gasteiger partial charge in [0.05, 0.1) is 6.61 Å². The van der Waals surface area contributed by atoms with E-state index in [-0.39, 0.29) is 17.2 Å². The molecule has 12 heteroatoms. The molecule has 0 aliphatic carbocycles. The average molecular weight is 561 g/mol. The molecule has 0 bridgehead atoms. The number of unbranched alkanes of at least 4 members (excludes halogenated alkanes) is 7. The normalized spacial score (nSPS) is 12.1. The Balaban J connectivity index is -0.000000454. The van der Waals surface area contributed by atoms with Crippen molar-refractivity contribution >= 4 is 23.9 Å². The molecular weight excluding hydrogens is 512 g/mol. The van der Waals surface area contributed by atoms with Gasteiger partial charge in [0.15, 0.2) is 0 Å². The third-order valence-electron chi connectivity index (χ3n) is 5.43. The molecule has 226 valence electrons. The van der Waals surface area contributed by atoms with Gasteiger partial charge >= 0.3 is 23.9 Å². The predicted molar refractivity (Wildman–Crippen MR) is 148 cm³/mol. The summed E-state index contributed by atoms with van der Waals surface area (Å²) in [5.74, 6) is -3.99. The zero-order valence-corrected chi connectivity index (χ0v) is 23.3. The molecule has 1 rings (SSSR count). The van der Waals surface area contributed by atoms with Gasteiger partial charge in [-0.05, 0) is 24.5 Å². The predicted octanol–water partition coefficient (Wildman–Crippen LogP) is 3.53. The van der Waals surface area contributed by atoms with Crippen LogP contribution in [0.5, 0.6) is 5.75 Å². The number of aromatic hydroxyl groups is 1. The second-order valence-electron chi connectivity index (χ2n) is 8.82. The first kappa shape index (κ1) is 40.3. The van der Waals surface area contributed by atoms with Gasteiger partial charge in [0.1, 0.15) is 23.4 Å². The van der Waals surface area contributed by atoms with Crippen molar-refractivity contribution < 1.29 is 49.8 Å². The van der Waals surface area contributed by atoms with Gasteiger partial charge < -0.3 is 42.1 Å². The van der Waals surface area contributed by atoms with Crippen LogP contribution in [-0.2, 0) is 14.4 Å². The zero-order valence-electron chi connectivity index (χ0n) is 23.3. The minimum Gasteiger partial charge on any atom is -0.507 e. The number of hydrogen-bond donors (Lipinski definition) is 8. The quantitative estimate of drug-likeness (QED) is 0.144. The van der Waals surface area contributed by atoms with Crippen LogP contribution in [-0.4, -0.2) is 73.2 Å². The topological polar surface area (TPSA) is 242 Å². The Hall–Kier alpha value is -3.22. The third kappa shape index (κ3) is 26.2. The molecule has 3 atom stereocenters. The lowest BCUT2D eigenvalue weighted by molar-refractivity contribution is -0.140. The van der Waals surface area contributed by atoms with Crippen LogP contribution in [0.1, 0.15) is 95.3 Å². The number of aliphatic hydroxyl groups excluding tert-OH is 1. The van der Waals surface area contributed by atoms with Crippen molar-refractivity contribution in [2.45, 2.75) is 97.1 Å². The monoisotopic (exact) mass is 560 g/mol. The molecule has 1 aromatic carbocycles. The van der Waals surface area contributed by atoms with Gasteiger partial charge in [-0.25, -0.2) is 4.79 Å². The molecule has 0 aliphatic heterocycles. The molecule has 0 aliphatic rings. The van der Waals surface area contributed by atoms with Crippen molar-refractivity contribution in [2.24, 2.45) is 17.4 Å². The number of phenols is 1. The molecule has 12 nitrogen and oxygen atoms in total. The van der Waals surface area contributed by atoms with E-state index in [4.69, 9.17) is 42.1 Å². The number of hydrogen-bond acceptors (Lipinski definition) is 8. The molecule has 39 heavy (non-hydrogen) atoms. The van der Waals surface area contributed by atoms with Crippen molar-refractivity contribution in [3.05, 3.63) is 29.8 Å². The lowest BCUT2D eigenvalue weighted by atomic mass is 10.0. The van der Waals surface area contributed by atoms with E-state index < -0.39 is 42.6 Å². The Kier molecular flexibility index (Phi) is 27.3. The lowest BCUT2D eigenvalue weighted by Crippen LogP contribution is -2.36. The number of benzene rings is 1. The summed E-state index contributed by atoms with van der Waals surface area (Å²) in [7, 11) is 0. The number of carboxylic acid groups (broad SMARTS) is 4. The number of aromatic carboxylic acids is 1. The number of carbonyl (C=O) groups is 4. The van der Waals surface area contributed by atoms with Crippen LogP contribution in [0.25, 0.3) is 0 Å². The van der Waals surface area contributed by atoms with Crippen molar-refractivity contribution in [1.82, 2.24) is 0 Å². The number of aliphatic carboxylic acids is 3. The van der Waals surface area contributed by atoms with Crippen molar-refractivity contribution in [3.63, 3.8) is 0 Å². The highest BCUT2D eigenvalue weighted by atomic mass is 16.4. The van der Waals surface area contributed by atoms with Gasteiger partial charge in [-0.15, -0.1) is 0 Å². The summed E-state index contributed by atoms with van der Waals surface area (Å²) in [6.45, 7) is 5.47. The first-order valence-electron chi connectivity index (χ1n) is 13.1. The summed E-state index contributed by atoms with van der Waals surface area (Å²) >= 11 is 0. The fourth-order valence-electron chi connectivity index (χ4n) is 2.64. The number of rotatable bonds is 15. The second-order valence-corrected chi connectivity index (χ2v) is 8.82. The standard InChI is InChI=1S/C11H22O2.C7H6O3.C6H13NO2.C3H7NO3/c1-2-3-4-5-6-7-8-9-10-11(12)13;8-6-4-2-1-3-5(6)7(9)10;1-3-4(2)5(7)6(8)9;4-2(1-5)3(6)7/h2-10H2,1H3,(H,12,13);1-4,8H,(H,9,10);4-5H,3,7H2,1-2H3,(H,8,9);2,5H,1,4H2,(H,6,7)/t;;4-,5-;2-/m..00/s1. The van der Waals surface area contributed by atoms with Gasteiger partial charge in [-0.3, -0.25) is 14.4 Å². The van der Waals surface area contributed by atoms with E-state index >= 15 is 0 Å². The highest BCUT2D eigenvalue weighted by Gasteiger charge is 2.17. The molecule has 0 fully saturated rings. The van der Waals surface area contributed by atoms with E-state index in [0.717, 1.165) is 19.3 Å². The molecule has 1 aromatic rings.